The van der Waals surface area contributed by atoms with E-state index in [1.54, 1.807) is 18.6 Å². The number of carbonyl (C=O) groups is 1. The number of benzene rings is 1. The zero-order chi connectivity index (χ0) is 15.2. The molecular formula is C16H18ClN3O. The number of nitrogens with one attached hydrogen (secondary N) is 1. The van der Waals surface area contributed by atoms with Crippen LogP contribution in [0, 0.1) is 0 Å². The van der Waals surface area contributed by atoms with Gasteiger partial charge in [-0.05, 0) is 31.5 Å². The molecule has 2 rings (SSSR count). The highest BCUT2D eigenvalue weighted by Crippen LogP contribution is 2.19. The van der Waals surface area contributed by atoms with E-state index in [-0.39, 0.29) is 11.9 Å². The van der Waals surface area contributed by atoms with Gasteiger partial charge < -0.3 is 9.88 Å². The summed E-state index contributed by atoms with van der Waals surface area (Å²) in [4.78, 5) is 15.9. The number of amides is 1. The van der Waals surface area contributed by atoms with Crippen molar-refractivity contribution in [2.24, 2.45) is 0 Å². The normalized spacial score (nSPS) is 11.8. The van der Waals surface area contributed by atoms with Gasteiger partial charge in [0, 0.05) is 30.0 Å². The minimum absolute atomic E-state index is 0.0146. The van der Waals surface area contributed by atoms with E-state index in [1.165, 1.54) is 0 Å². The van der Waals surface area contributed by atoms with Crippen molar-refractivity contribution in [2.75, 3.05) is 6.54 Å². The van der Waals surface area contributed by atoms with Crippen molar-refractivity contribution in [3.63, 3.8) is 0 Å². The molecule has 21 heavy (non-hydrogen) atoms. The summed E-state index contributed by atoms with van der Waals surface area (Å²) in [5.41, 5.74) is 2.04. The number of rotatable bonds is 5. The standard InChI is InChI=1S/C16H18ClN3O/c1-12(2)9-16(21)19-10-15(20-8-7-18-11-20)13-3-5-14(17)6-4-13/h3-9,11,15H,10H2,1-2H3,(H,19,21). The molecule has 0 aliphatic rings. The third-order valence-corrected chi connectivity index (χ3v) is 3.28. The molecule has 1 unspecified atom stereocenters. The highest BCUT2D eigenvalue weighted by molar-refractivity contribution is 6.30. The lowest BCUT2D eigenvalue weighted by Crippen LogP contribution is -2.29. The lowest BCUT2D eigenvalue weighted by molar-refractivity contribution is -0.116. The van der Waals surface area contributed by atoms with E-state index in [1.807, 2.05) is 48.9 Å². The second kappa shape index (κ2) is 7.09. The summed E-state index contributed by atoms with van der Waals surface area (Å²) in [6.07, 6.45) is 6.94. The van der Waals surface area contributed by atoms with Crippen LogP contribution in [0.25, 0.3) is 0 Å². The molecule has 0 aliphatic heterocycles. The summed E-state index contributed by atoms with van der Waals surface area (Å²) in [5, 5.41) is 3.61. The SMILES string of the molecule is CC(C)=CC(=O)NCC(c1ccc(Cl)cc1)n1ccnc1. The molecule has 1 aromatic heterocycles. The molecule has 0 saturated heterocycles. The Morgan fingerprint density at radius 1 is 1.38 bits per heavy atom. The molecule has 0 saturated carbocycles. The highest BCUT2D eigenvalue weighted by atomic mass is 35.5. The predicted molar refractivity (Wildman–Crippen MR) is 84.3 cm³/mol. The van der Waals surface area contributed by atoms with Crippen LogP contribution in [-0.4, -0.2) is 22.0 Å². The van der Waals surface area contributed by atoms with Gasteiger partial charge in [0.2, 0.25) is 5.91 Å². The van der Waals surface area contributed by atoms with E-state index >= 15 is 0 Å². The van der Waals surface area contributed by atoms with Crippen LogP contribution in [0.1, 0.15) is 25.5 Å². The molecule has 1 amide bonds. The van der Waals surface area contributed by atoms with Crippen LogP contribution in [-0.2, 0) is 4.79 Å². The third kappa shape index (κ3) is 4.46. The molecule has 2 aromatic rings. The summed E-state index contributed by atoms with van der Waals surface area (Å²) in [6.45, 7) is 4.28. The van der Waals surface area contributed by atoms with Gasteiger partial charge in [-0.1, -0.05) is 29.3 Å². The lowest BCUT2D eigenvalue weighted by Gasteiger charge is -2.19. The first kappa shape index (κ1) is 15.3. The maximum atomic E-state index is 11.8. The van der Waals surface area contributed by atoms with E-state index in [0.717, 1.165) is 11.1 Å². The number of nitrogens with zero attached hydrogens (tertiary/aromatic N) is 2. The van der Waals surface area contributed by atoms with Crippen molar-refractivity contribution in [1.82, 2.24) is 14.9 Å². The number of hydrogen-bond acceptors (Lipinski definition) is 2. The Morgan fingerprint density at radius 2 is 2.10 bits per heavy atom. The van der Waals surface area contributed by atoms with Crippen LogP contribution in [0.4, 0.5) is 0 Å². The molecule has 1 N–H and O–H groups in total. The number of hydrogen-bond donors (Lipinski definition) is 1. The second-order valence-corrected chi connectivity index (χ2v) is 5.48. The molecule has 4 nitrogen and oxygen atoms in total. The topological polar surface area (TPSA) is 46.9 Å². The van der Waals surface area contributed by atoms with Gasteiger partial charge in [-0.3, -0.25) is 4.79 Å². The molecule has 5 heteroatoms. The van der Waals surface area contributed by atoms with Crippen molar-refractivity contribution in [1.29, 1.82) is 0 Å². The number of aromatic nitrogens is 2. The summed E-state index contributed by atoms with van der Waals surface area (Å²) < 4.78 is 1.96. The van der Waals surface area contributed by atoms with Gasteiger partial charge in [-0.25, -0.2) is 4.98 Å². The Bertz CT molecular complexity index is 613. The molecule has 0 fully saturated rings. The molecule has 1 aromatic carbocycles. The van der Waals surface area contributed by atoms with E-state index in [4.69, 9.17) is 11.6 Å². The van der Waals surface area contributed by atoms with Crippen molar-refractivity contribution >= 4 is 17.5 Å². The minimum Gasteiger partial charge on any atom is -0.350 e. The van der Waals surface area contributed by atoms with Crippen LogP contribution in [0.5, 0.6) is 0 Å². The smallest absolute Gasteiger partial charge is 0.243 e. The van der Waals surface area contributed by atoms with Crippen LogP contribution in [0.2, 0.25) is 5.02 Å². The third-order valence-electron chi connectivity index (χ3n) is 3.03. The lowest BCUT2D eigenvalue weighted by atomic mass is 10.1. The summed E-state index contributed by atoms with van der Waals surface area (Å²) in [6, 6.07) is 7.59. The van der Waals surface area contributed by atoms with Gasteiger partial charge >= 0.3 is 0 Å². The van der Waals surface area contributed by atoms with Gasteiger partial charge in [-0.15, -0.1) is 0 Å². The number of allylic oxidation sites excluding steroid dienone is 1. The first-order valence-electron chi connectivity index (χ1n) is 6.72. The van der Waals surface area contributed by atoms with Gasteiger partial charge in [0.15, 0.2) is 0 Å². The summed E-state index contributed by atoms with van der Waals surface area (Å²) in [7, 11) is 0. The fraction of sp³-hybridized carbons (Fsp3) is 0.250. The Kier molecular flexibility index (Phi) is 5.17. The maximum Gasteiger partial charge on any atom is 0.243 e. The van der Waals surface area contributed by atoms with E-state index in [9.17, 15) is 4.79 Å². The highest BCUT2D eigenvalue weighted by Gasteiger charge is 2.14. The van der Waals surface area contributed by atoms with Crippen molar-refractivity contribution < 1.29 is 4.79 Å². The number of imidazole rings is 1. The van der Waals surface area contributed by atoms with Crippen molar-refractivity contribution in [3.05, 3.63) is 65.2 Å². The molecule has 1 atom stereocenters. The average molecular weight is 304 g/mol. The van der Waals surface area contributed by atoms with Crippen LogP contribution in [0.3, 0.4) is 0 Å². The second-order valence-electron chi connectivity index (χ2n) is 5.04. The van der Waals surface area contributed by atoms with Gasteiger partial charge in [0.05, 0.1) is 12.4 Å². The number of carbonyl (C=O) groups excluding carboxylic acids is 1. The average Bonchev–Trinajstić information content (AvgIpc) is 2.94. The van der Waals surface area contributed by atoms with E-state index in [0.29, 0.717) is 11.6 Å². The largest absolute Gasteiger partial charge is 0.350 e. The van der Waals surface area contributed by atoms with Gasteiger partial charge in [0.25, 0.3) is 0 Å². The molecule has 0 aliphatic carbocycles. The Labute approximate surface area is 129 Å². The molecule has 1 heterocycles. The molecule has 110 valence electrons. The fourth-order valence-corrected chi connectivity index (χ4v) is 2.17. The summed E-state index contributed by atoms with van der Waals surface area (Å²) >= 11 is 5.93. The molecular weight excluding hydrogens is 286 g/mol. The Hall–Kier alpha value is -2.07. The zero-order valence-corrected chi connectivity index (χ0v) is 12.8. The molecule has 0 radical (unpaired) electrons. The maximum absolute atomic E-state index is 11.8. The summed E-state index contributed by atoms with van der Waals surface area (Å²) in [5.74, 6) is -0.0888. The van der Waals surface area contributed by atoms with E-state index in [2.05, 4.69) is 10.3 Å². The monoisotopic (exact) mass is 303 g/mol. The Balaban J connectivity index is 2.16. The fourth-order valence-electron chi connectivity index (χ4n) is 2.04. The van der Waals surface area contributed by atoms with Crippen LogP contribution >= 0.6 is 11.6 Å². The number of halogens is 1. The molecule has 0 spiro atoms. The quantitative estimate of drug-likeness (QED) is 0.862. The van der Waals surface area contributed by atoms with Crippen molar-refractivity contribution in [2.45, 2.75) is 19.9 Å². The van der Waals surface area contributed by atoms with Crippen molar-refractivity contribution in [3.8, 4) is 0 Å². The molecule has 0 bridgehead atoms. The van der Waals surface area contributed by atoms with Crippen LogP contribution in [0.15, 0.2) is 54.6 Å². The first-order valence-corrected chi connectivity index (χ1v) is 7.09. The predicted octanol–water partition coefficient (Wildman–Crippen LogP) is 3.21. The zero-order valence-electron chi connectivity index (χ0n) is 12.1. The first-order chi connectivity index (χ1) is 10.1. The van der Waals surface area contributed by atoms with E-state index < -0.39 is 0 Å². The van der Waals surface area contributed by atoms with Gasteiger partial charge in [-0.2, -0.15) is 0 Å². The minimum atomic E-state index is -0.0888. The van der Waals surface area contributed by atoms with Gasteiger partial charge in [0.1, 0.15) is 0 Å². The van der Waals surface area contributed by atoms with Crippen LogP contribution < -0.4 is 5.32 Å². The Morgan fingerprint density at radius 3 is 2.67 bits per heavy atom.